The molecular formula is C25H25F4IN2O2. The molecule has 0 N–H and O–H groups in total. The van der Waals surface area contributed by atoms with E-state index >= 15 is 8.78 Å². The van der Waals surface area contributed by atoms with Crippen LogP contribution in [0.2, 0.25) is 0 Å². The minimum Gasteiger partial charge on any atom is -0.443 e. The van der Waals surface area contributed by atoms with E-state index in [1.54, 1.807) is 68.5 Å². The number of benzene rings is 2. The van der Waals surface area contributed by atoms with Crippen molar-refractivity contribution in [3.05, 3.63) is 68.4 Å². The SMILES string of the molecule is C[C@@H]1Cc2c(n(C(=O)OC(C)(C)C)c3ccccc23)[C@@H](c2c(F)cc(I)cc2F)N1CC(F)F. The third kappa shape index (κ3) is 4.56. The lowest BCUT2D eigenvalue weighted by molar-refractivity contribution is 0.0384. The van der Waals surface area contributed by atoms with E-state index in [4.69, 9.17) is 4.74 Å². The van der Waals surface area contributed by atoms with Crippen molar-refractivity contribution in [1.29, 1.82) is 0 Å². The van der Waals surface area contributed by atoms with Gasteiger partial charge in [0.25, 0.3) is 6.43 Å². The van der Waals surface area contributed by atoms with Crippen molar-refractivity contribution in [2.75, 3.05) is 6.54 Å². The molecule has 0 saturated carbocycles. The third-order valence-corrected chi connectivity index (χ3v) is 6.54. The number of carbonyl (C=O) groups is 1. The number of hydrogen-bond acceptors (Lipinski definition) is 3. The Morgan fingerprint density at radius 1 is 1.18 bits per heavy atom. The first-order valence-corrected chi connectivity index (χ1v) is 12.0. The molecule has 0 unspecified atom stereocenters. The van der Waals surface area contributed by atoms with Gasteiger partial charge < -0.3 is 4.74 Å². The van der Waals surface area contributed by atoms with Gasteiger partial charge in [0.15, 0.2) is 0 Å². The summed E-state index contributed by atoms with van der Waals surface area (Å²) in [6.07, 6.45) is -3.13. The number of ether oxygens (including phenoxy) is 1. The maximum atomic E-state index is 15.3. The Bertz CT molecular complexity index is 1230. The average Bonchev–Trinajstić information content (AvgIpc) is 3.02. The van der Waals surface area contributed by atoms with Crippen molar-refractivity contribution in [3.8, 4) is 0 Å². The number of alkyl halides is 2. The highest BCUT2D eigenvalue weighted by atomic mass is 127. The first-order valence-electron chi connectivity index (χ1n) is 10.9. The Kier molecular flexibility index (Phi) is 6.71. The van der Waals surface area contributed by atoms with Gasteiger partial charge in [-0.2, -0.15) is 0 Å². The number of rotatable bonds is 3. The van der Waals surface area contributed by atoms with E-state index in [-0.39, 0.29) is 11.3 Å². The van der Waals surface area contributed by atoms with E-state index in [2.05, 4.69) is 0 Å². The fourth-order valence-electron chi connectivity index (χ4n) is 4.72. The summed E-state index contributed by atoms with van der Waals surface area (Å²) in [7, 11) is 0. The van der Waals surface area contributed by atoms with Crippen molar-refractivity contribution in [2.24, 2.45) is 0 Å². The first kappa shape index (κ1) is 25.0. The first-order chi connectivity index (χ1) is 15.9. The zero-order valence-corrected chi connectivity index (χ0v) is 21.4. The maximum absolute atomic E-state index is 15.3. The van der Waals surface area contributed by atoms with E-state index in [0.717, 1.165) is 5.39 Å². The summed E-state index contributed by atoms with van der Waals surface area (Å²) in [6.45, 7) is 6.19. The highest BCUT2D eigenvalue weighted by Gasteiger charge is 2.42. The van der Waals surface area contributed by atoms with Gasteiger partial charge in [-0.15, -0.1) is 0 Å². The molecule has 3 aromatic rings. The summed E-state index contributed by atoms with van der Waals surface area (Å²) in [5.74, 6) is -1.70. The standard InChI is InChI=1S/C25H25F4IN2O2/c1-13-9-16-15-7-5-6-8-19(15)32(24(33)34-25(2,3)4)22(16)23(31(13)12-20(28)29)21-17(26)10-14(30)11-18(21)27/h5-8,10-11,13,20,23H,9,12H2,1-4H3/t13-,23-/m1/s1. The monoisotopic (exact) mass is 588 g/mol. The molecule has 34 heavy (non-hydrogen) atoms. The lowest BCUT2D eigenvalue weighted by atomic mass is 9.88. The summed E-state index contributed by atoms with van der Waals surface area (Å²) in [5, 5.41) is 0.725. The van der Waals surface area contributed by atoms with Crippen molar-refractivity contribution >= 4 is 39.6 Å². The Balaban J connectivity index is 2.07. The van der Waals surface area contributed by atoms with Crippen LogP contribution in [0.25, 0.3) is 10.9 Å². The quantitative estimate of drug-likeness (QED) is 0.247. The fraction of sp³-hybridized carbons (Fsp3) is 0.400. The number of halogens is 5. The molecule has 0 aliphatic carbocycles. The highest BCUT2D eigenvalue weighted by molar-refractivity contribution is 14.1. The molecule has 2 aromatic carbocycles. The molecule has 1 aromatic heterocycles. The molecule has 1 aliphatic heterocycles. The van der Waals surface area contributed by atoms with Crippen LogP contribution in [0.15, 0.2) is 36.4 Å². The minimum absolute atomic E-state index is 0.258. The Hall–Kier alpha value is -2.14. The zero-order valence-electron chi connectivity index (χ0n) is 19.2. The molecule has 9 heteroatoms. The molecule has 0 bridgehead atoms. The van der Waals surface area contributed by atoms with Crippen LogP contribution in [0.5, 0.6) is 0 Å². The summed E-state index contributed by atoms with van der Waals surface area (Å²) >= 11 is 1.80. The number of nitrogens with zero attached hydrogens (tertiary/aromatic N) is 2. The van der Waals surface area contributed by atoms with Gasteiger partial charge in [-0.05, 0) is 80.5 Å². The lowest BCUT2D eigenvalue weighted by Crippen LogP contribution is -2.46. The molecule has 0 amide bonds. The van der Waals surface area contributed by atoms with Gasteiger partial charge in [0.05, 0.1) is 23.8 Å². The van der Waals surface area contributed by atoms with Crippen LogP contribution in [0.3, 0.4) is 0 Å². The number of aromatic nitrogens is 1. The van der Waals surface area contributed by atoms with E-state index in [0.29, 0.717) is 21.1 Å². The Morgan fingerprint density at radius 3 is 2.38 bits per heavy atom. The van der Waals surface area contributed by atoms with Crippen LogP contribution in [-0.4, -0.2) is 40.2 Å². The van der Waals surface area contributed by atoms with Crippen molar-refractivity contribution < 1.29 is 27.1 Å². The lowest BCUT2D eigenvalue weighted by Gasteiger charge is -2.41. The van der Waals surface area contributed by atoms with Crippen LogP contribution in [0.1, 0.15) is 50.6 Å². The largest absolute Gasteiger partial charge is 0.443 e. The molecule has 0 radical (unpaired) electrons. The molecule has 1 aliphatic rings. The second-order valence-corrected chi connectivity index (χ2v) is 10.8. The smallest absolute Gasteiger partial charge is 0.419 e. The van der Waals surface area contributed by atoms with Crippen molar-refractivity contribution in [1.82, 2.24) is 9.47 Å². The number of carbonyl (C=O) groups excluding carboxylic acids is 1. The van der Waals surface area contributed by atoms with Gasteiger partial charge in [0, 0.05) is 20.6 Å². The van der Waals surface area contributed by atoms with Crippen LogP contribution < -0.4 is 0 Å². The van der Waals surface area contributed by atoms with Gasteiger partial charge in [-0.25, -0.2) is 26.9 Å². The molecule has 2 heterocycles. The predicted molar refractivity (Wildman–Crippen MR) is 130 cm³/mol. The Morgan fingerprint density at radius 2 is 1.79 bits per heavy atom. The van der Waals surface area contributed by atoms with Gasteiger partial charge in [0.2, 0.25) is 0 Å². The molecular weight excluding hydrogens is 563 g/mol. The predicted octanol–water partition coefficient (Wildman–Crippen LogP) is 6.91. The minimum atomic E-state index is -2.74. The average molecular weight is 588 g/mol. The fourth-order valence-corrected chi connectivity index (χ4v) is 5.27. The van der Waals surface area contributed by atoms with E-state index in [9.17, 15) is 13.6 Å². The van der Waals surface area contributed by atoms with Gasteiger partial charge in [-0.3, -0.25) is 4.90 Å². The van der Waals surface area contributed by atoms with Crippen LogP contribution in [-0.2, 0) is 11.2 Å². The summed E-state index contributed by atoms with van der Waals surface area (Å²) < 4.78 is 65.2. The van der Waals surface area contributed by atoms with E-state index in [1.807, 2.05) is 6.07 Å². The Labute approximate surface area is 209 Å². The summed E-state index contributed by atoms with van der Waals surface area (Å²) in [4.78, 5) is 14.8. The maximum Gasteiger partial charge on any atom is 0.419 e. The number of fused-ring (bicyclic) bond motifs is 3. The molecule has 182 valence electrons. The van der Waals surface area contributed by atoms with Crippen LogP contribution in [0.4, 0.5) is 22.4 Å². The topological polar surface area (TPSA) is 34.5 Å². The van der Waals surface area contributed by atoms with Crippen LogP contribution in [0, 0.1) is 15.2 Å². The summed E-state index contributed by atoms with van der Waals surface area (Å²) in [6, 6.07) is 7.72. The highest BCUT2D eigenvalue weighted by Crippen LogP contribution is 2.44. The number of para-hydroxylation sites is 1. The molecule has 0 spiro atoms. The third-order valence-electron chi connectivity index (χ3n) is 5.92. The van der Waals surface area contributed by atoms with E-state index in [1.165, 1.54) is 21.6 Å². The number of hydrogen-bond donors (Lipinski definition) is 0. The van der Waals surface area contributed by atoms with Crippen molar-refractivity contribution in [3.63, 3.8) is 0 Å². The van der Waals surface area contributed by atoms with Gasteiger partial charge >= 0.3 is 6.09 Å². The van der Waals surface area contributed by atoms with Gasteiger partial charge in [-0.1, -0.05) is 18.2 Å². The van der Waals surface area contributed by atoms with Crippen molar-refractivity contribution in [2.45, 2.75) is 58.2 Å². The zero-order chi connectivity index (χ0) is 24.9. The van der Waals surface area contributed by atoms with E-state index < -0.39 is 48.4 Å². The summed E-state index contributed by atoms with van der Waals surface area (Å²) in [5.41, 5.74) is 0.259. The van der Waals surface area contributed by atoms with Crippen LogP contribution >= 0.6 is 22.6 Å². The molecule has 4 rings (SSSR count). The van der Waals surface area contributed by atoms with Gasteiger partial charge in [0.1, 0.15) is 17.2 Å². The molecule has 4 nitrogen and oxygen atoms in total. The molecule has 2 atom stereocenters. The molecule has 0 saturated heterocycles. The second kappa shape index (κ2) is 9.14. The molecule has 0 fully saturated rings. The normalized spacial score (nSPS) is 19.0. The second-order valence-electron chi connectivity index (χ2n) is 9.52.